The molecule has 1 amide bonds. The largest absolute Gasteiger partial charge is 0.496 e. The van der Waals surface area contributed by atoms with Crippen molar-refractivity contribution in [3.05, 3.63) is 48.0 Å². The van der Waals surface area contributed by atoms with E-state index < -0.39 is 8.32 Å². The molecule has 1 aliphatic rings. The number of anilines is 1. The lowest BCUT2D eigenvalue weighted by Gasteiger charge is -2.38. The topological polar surface area (TPSA) is 71.5 Å². The smallest absolute Gasteiger partial charge is 0.223 e. The molecular formula is C26H38N2O5Si. The van der Waals surface area contributed by atoms with Crippen LogP contribution < -0.4 is 9.96 Å². The fourth-order valence-electron chi connectivity index (χ4n) is 3.88. The van der Waals surface area contributed by atoms with Crippen molar-refractivity contribution in [2.45, 2.75) is 64.3 Å². The van der Waals surface area contributed by atoms with E-state index in [0.29, 0.717) is 31.0 Å². The molecule has 1 heterocycles. The van der Waals surface area contributed by atoms with Crippen molar-refractivity contribution in [2.24, 2.45) is 0 Å². The molecule has 7 nitrogen and oxygen atoms in total. The first-order valence-electron chi connectivity index (χ1n) is 11.7. The summed E-state index contributed by atoms with van der Waals surface area (Å²) >= 11 is 0. The molecule has 1 fully saturated rings. The molecule has 2 aromatic rings. The van der Waals surface area contributed by atoms with Gasteiger partial charge in [0.05, 0.1) is 32.6 Å². The second-order valence-corrected chi connectivity index (χ2v) is 15.1. The van der Waals surface area contributed by atoms with Crippen LogP contribution in [0, 0.1) is 0 Å². The zero-order chi connectivity index (χ0) is 25.1. The van der Waals surface area contributed by atoms with Gasteiger partial charge in [-0.1, -0.05) is 39.0 Å². The van der Waals surface area contributed by atoms with E-state index in [-0.39, 0.29) is 17.0 Å². The van der Waals surface area contributed by atoms with Crippen LogP contribution in [0.15, 0.2) is 42.5 Å². The number of hydrogen-bond donors (Lipinski definition) is 1. The number of methoxy groups -OCH3 is 1. The third-order valence-corrected chi connectivity index (χ3v) is 11.6. The first-order valence-corrected chi connectivity index (χ1v) is 14.6. The van der Waals surface area contributed by atoms with Crippen LogP contribution in [0.5, 0.6) is 5.75 Å². The molecule has 1 saturated heterocycles. The number of rotatable bonds is 9. The van der Waals surface area contributed by atoms with E-state index in [9.17, 15) is 10.0 Å². The van der Waals surface area contributed by atoms with Crippen LogP contribution >= 0.6 is 0 Å². The van der Waals surface area contributed by atoms with Gasteiger partial charge < -0.3 is 14.1 Å². The number of likely N-dealkylation sites (tertiary alicyclic amines) is 1. The number of ether oxygens (including phenoxy) is 1. The van der Waals surface area contributed by atoms with E-state index >= 15 is 0 Å². The average molecular weight is 487 g/mol. The Labute approximate surface area is 204 Å². The standard InChI is InChI=1S/C26H38N2O5Si/c1-26(2,3)34(6,7)33-18-22-12-14-25(29)27(22)17-19-11-13-24(31-4)23(15-19)20-9-8-10-21(16-20)28(30)32-5/h8-11,13,15-16,22,30H,12,14,17-18H2,1-7H3. The Balaban J connectivity index is 1.83. The van der Waals surface area contributed by atoms with Gasteiger partial charge >= 0.3 is 0 Å². The van der Waals surface area contributed by atoms with Gasteiger partial charge in [-0.25, -0.2) is 0 Å². The Bertz CT molecular complexity index is 1000. The van der Waals surface area contributed by atoms with E-state index in [1.807, 2.05) is 41.3 Å². The lowest BCUT2D eigenvalue weighted by atomic mass is 10.0. The van der Waals surface area contributed by atoms with E-state index in [4.69, 9.17) is 14.0 Å². The maximum absolute atomic E-state index is 12.8. The van der Waals surface area contributed by atoms with E-state index in [1.165, 1.54) is 7.11 Å². The number of nitrogens with zero attached hydrogens (tertiary/aromatic N) is 2. The molecule has 1 atom stereocenters. The summed E-state index contributed by atoms with van der Waals surface area (Å²) < 4.78 is 12.1. The zero-order valence-corrected chi connectivity index (χ0v) is 22.4. The minimum absolute atomic E-state index is 0.0835. The van der Waals surface area contributed by atoms with Crippen molar-refractivity contribution in [2.75, 3.05) is 26.1 Å². The number of carbonyl (C=O) groups excluding carboxylic acids is 1. The van der Waals surface area contributed by atoms with Crippen molar-refractivity contribution in [1.29, 1.82) is 0 Å². The fraction of sp³-hybridized carbons (Fsp3) is 0.500. The van der Waals surface area contributed by atoms with Crippen LogP contribution in [0.25, 0.3) is 11.1 Å². The SMILES string of the molecule is COc1ccc(CN2C(=O)CCC2CO[Si](C)(C)C(C)(C)C)cc1-c1cccc(N(O)OC)c1. The van der Waals surface area contributed by atoms with Crippen LogP contribution in [0.3, 0.4) is 0 Å². The summed E-state index contributed by atoms with van der Waals surface area (Å²) in [7, 11) is 1.14. The molecule has 0 aromatic heterocycles. The van der Waals surface area contributed by atoms with Gasteiger partial charge in [-0.15, -0.1) is 5.23 Å². The summed E-state index contributed by atoms with van der Waals surface area (Å²) in [6.45, 7) is 12.3. The van der Waals surface area contributed by atoms with Crippen molar-refractivity contribution < 1.29 is 24.0 Å². The molecule has 0 spiro atoms. The molecule has 0 aliphatic carbocycles. The third-order valence-electron chi connectivity index (χ3n) is 7.06. The Morgan fingerprint density at radius 1 is 1.15 bits per heavy atom. The molecule has 34 heavy (non-hydrogen) atoms. The summed E-state index contributed by atoms with van der Waals surface area (Å²) in [6, 6.07) is 13.4. The molecule has 1 unspecified atom stereocenters. The van der Waals surface area contributed by atoms with Crippen LogP contribution in [0.2, 0.25) is 18.1 Å². The Kier molecular flexibility index (Phi) is 8.08. The Morgan fingerprint density at radius 2 is 1.88 bits per heavy atom. The zero-order valence-electron chi connectivity index (χ0n) is 21.4. The lowest BCUT2D eigenvalue weighted by Crippen LogP contribution is -2.45. The normalized spacial score (nSPS) is 16.8. The lowest BCUT2D eigenvalue weighted by molar-refractivity contribution is -0.130. The summed E-state index contributed by atoms with van der Waals surface area (Å²) in [5.74, 6) is 0.882. The Morgan fingerprint density at radius 3 is 2.53 bits per heavy atom. The summed E-state index contributed by atoms with van der Waals surface area (Å²) in [5.41, 5.74) is 3.27. The van der Waals surface area contributed by atoms with Gasteiger partial charge in [0.2, 0.25) is 5.91 Å². The van der Waals surface area contributed by atoms with E-state index in [1.54, 1.807) is 13.2 Å². The number of benzene rings is 2. The Hall–Kier alpha value is -2.39. The molecule has 0 saturated carbocycles. The van der Waals surface area contributed by atoms with E-state index in [2.05, 4.69) is 33.9 Å². The molecule has 186 valence electrons. The van der Waals surface area contributed by atoms with Crippen molar-refractivity contribution in [3.8, 4) is 16.9 Å². The summed E-state index contributed by atoms with van der Waals surface area (Å²) in [6.07, 6.45) is 1.38. The molecular weight excluding hydrogens is 448 g/mol. The molecule has 3 rings (SSSR count). The van der Waals surface area contributed by atoms with Gasteiger partial charge in [0.15, 0.2) is 8.32 Å². The maximum Gasteiger partial charge on any atom is 0.223 e. The second-order valence-electron chi connectivity index (χ2n) is 10.3. The van der Waals surface area contributed by atoms with Crippen LogP contribution in [0.1, 0.15) is 39.2 Å². The molecule has 1 N–H and O–H groups in total. The molecule has 0 radical (unpaired) electrons. The van der Waals surface area contributed by atoms with Gasteiger partial charge in [-0.2, -0.15) is 0 Å². The van der Waals surface area contributed by atoms with Gasteiger partial charge in [0.1, 0.15) is 5.75 Å². The van der Waals surface area contributed by atoms with Crippen molar-refractivity contribution in [3.63, 3.8) is 0 Å². The van der Waals surface area contributed by atoms with Crippen molar-refractivity contribution >= 4 is 19.9 Å². The molecule has 2 aromatic carbocycles. The van der Waals surface area contributed by atoms with Gasteiger partial charge in [0, 0.05) is 18.5 Å². The van der Waals surface area contributed by atoms with E-state index in [0.717, 1.165) is 28.3 Å². The second kappa shape index (κ2) is 10.5. The molecule has 0 bridgehead atoms. The number of amides is 1. The van der Waals surface area contributed by atoms with Crippen LogP contribution in [0.4, 0.5) is 5.69 Å². The monoisotopic (exact) mass is 486 g/mol. The minimum atomic E-state index is -1.89. The minimum Gasteiger partial charge on any atom is -0.496 e. The summed E-state index contributed by atoms with van der Waals surface area (Å²) in [5, 5.41) is 10.8. The van der Waals surface area contributed by atoms with Crippen LogP contribution in [-0.2, 0) is 20.6 Å². The summed E-state index contributed by atoms with van der Waals surface area (Å²) in [4.78, 5) is 19.6. The maximum atomic E-state index is 12.8. The molecule has 1 aliphatic heterocycles. The highest BCUT2D eigenvalue weighted by molar-refractivity contribution is 6.74. The van der Waals surface area contributed by atoms with Crippen molar-refractivity contribution in [1.82, 2.24) is 4.90 Å². The predicted octanol–water partition coefficient (Wildman–Crippen LogP) is 5.63. The molecule has 8 heteroatoms. The predicted molar refractivity (Wildman–Crippen MR) is 136 cm³/mol. The first-order chi connectivity index (χ1) is 16.0. The first kappa shape index (κ1) is 26.2. The highest BCUT2D eigenvalue weighted by atomic mass is 28.4. The van der Waals surface area contributed by atoms with Crippen LogP contribution in [-0.4, -0.2) is 51.2 Å². The van der Waals surface area contributed by atoms with Gasteiger partial charge in [-0.3, -0.25) is 14.8 Å². The highest BCUT2D eigenvalue weighted by Gasteiger charge is 2.39. The number of hydrogen-bond acceptors (Lipinski definition) is 6. The fourth-order valence-corrected chi connectivity index (χ4v) is 4.92. The van der Waals surface area contributed by atoms with Gasteiger partial charge in [0.25, 0.3) is 0 Å². The quantitative estimate of drug-likeness (QED) is 0.366. The third kappa shape index (κ3) is 5.80. The van der Waals surface area contributed by atoms with Gasteiger partial charge in [-0.05, 0) is 59.9 Å². The average Bonchev–Trinajstić information content (AvgIpc) is 3.15. The highest BCUT2D eigenvalue weighted by Crippen LogP contribution is 2.38. The number of carbonyl (C=O) groups is 1.